The van der Waals surface area contributed by atoms with E-state index in [0.29, 0.717) is 21.8 Å². The van der Waals surface area contributed by atoms with Crippen LogP contribution in [0.3, 0.4) is 0 Å². The minimum absolute atomic E-state index is 0.165. The van der Waals surface area contributed by atoms with E-state index in [1.54, 1.807) is 24.3 Å². The van der Waals surface area contributed by atoms with Crippen LogP contribution < -0.4 is 5.32 Å². The summed E-state index contributed by atoms with van der Waals surface area (Å²) >= 11 is 1.29. The fraction of sp³-hybridized carbons (Fsp3) is 0.333. The molecule has 1 aromatic heterocycles. The first kappa shape index (κ1) is 18.9. The van der Waals surface area contributed by atoms with Gasteiger partial charge in [0.2, 0.25) is 5.91 Å². The zero-order valence-corrected chi connectivity index (χ0v) is 15.8. The molecular weight excluding hydrogens is 356 g/mol. The number of hydrogen-bond donors (Lipinski definition) is 1. The molecule has 0 saturated heterocycles. The highest BCUT2D eigenvalue weighted by atomic mass is 32.2. The molecule has 1 aliphatic rings. The molecule has 0 radical (unpaired) electrons. The number of fused-ring (bicyclic) bond motifs is 1. The highest BCUT2D eigenvalue weighted by molar-refractivity contribution is 8.00. The van der Waals surface area contributed by atoms with Crippen molar-refractivity contribution in [2.45, 2.75) is 43.6 Å². The van der Waals surface area contributed by atoms with E-state index in [0.717, 1.165) is 31.4 Å². The van der Waals surface area contributed by atoms with Crippen molar-refractivity contribution in [1.82, 2.24) is 4.98 Å². The van der Waals surface area contributed by atoms with Crippen LogP contribution in [0, 0.1) is 22.7 Å². The number of nitrogens with one attached hydrogen (secondary N) is 1. The molecule has 136 valence electrons. The number of nitriles is 2. The fourth-order valence-corrected chi connectivity index (χ4v) is 3.89. The van der Waals surface area contributed by atoms with E-state index in [4.69, 9.17) is 10.2 Å². The van der Waals surface area contributed by atoms with Crippen molar-refractivity contribution in [3.05, 3.63) is 52.7 Å². The summed E-state index contributed by atoms with van der Waals surface area (Å²) in [6.07, 6.45) is 6.62. The minimum Gasteiger partial charge on any atom is -0.325 e. The van der Waals surface area contributed by atoms with Gasteiger partial charge in [-0.2, -0.15) is 10.5 Å². The van der Waals surface area contributed by atoms with Crippen LogP contribution in [0.1, 0.15) is 48.1 Å². The van der Waals surface area contributed by atoms with E-state index in [2.05, 4.69) is 11.4 Å². The summed E-state index contributed by atoms with van der Waals surface area (Å²) in [6.45, 7) is 0. The van der Waals surface area contributed by atoms with Crippen LogP contribution in [0.2, 0.25) is 0 Å². The zero-order chi connectivity index (χ0) is 19.1. The van der Waals surface area contributed by atoms with Crippen LogP contribution in [-0.2, 0) is 17.6 Å². The van der Waals surface area contributed by atoms with Crippen molar-refractivity contribution in [1.29, 1.82) is 10.5 Å². The number of amides is 1. The maximum Gasteiger partial charge on any atom is 0.234 e. The van der Waals surface area contributed by atoms with Gasteiger partial charge in [-0.05, 0) is 61.6 Å². The Hall–Kier alpha value is -2.83. The molecule has 1 aliphatic carbocycles. The van der Waals surface area contributed by atoms with E-state index >= 15 is 0 Å². The van der Waals surface area contributed by atoms with Crippen molar-refractivity contribution in [3.8, 4) is 12.1 Å². The first-order valence-electron chi connectivity index (χ1n) is 9.05. The summed E-state index contributed by atoms with van der Waals surface area (Å²) in [7, 11) is 0. The molecule has 0 unspecified atom stereocenters. The first-order valence-corrected chi connectivity index (χ1v) is 10.0. The molecular formula is C21H20N4OS. The molecule has 5 nitrogen and oxygen atoms in total. The summed E-state index contributed by atoms with van der Waals surface area (Å²) in [5, 5.41) is 21.7. The van der Waals surface area contributed by atoms with Gasteiger partial charge in [0.05, 0.1) is 22.9 Å². The van der Waals surface area contributed by atoms with Gasteiger partial charge >= 0.3 is 0 Å². The van der Waals surface area contributed by atoms with Crippen LogP contribution in [0.4, 0.5) is 5.69 Å². The van der Waals surface area contributed by atoms with Crippen molar-refractivity contribution in [2.24, 2.45) is 0 Å². The van der Waals surface area contributed by atoms with Gasteiger partial charge in [0, 0.05) is 11.4 Å². The van der Waals surface area contributed by atoms with Gasteiger partial charge in [-0.1, -0.05) is 24.6 Å². The maximum absolute atomic E-state index is 12.2. The van der Waals surface area contributed by atoms with E-state index in [1.807, 2.05) is 12.1 Å². The molecule has 0 atom stereocenters. The second-order valence-electron chi connectivity index (χ2n) is 6.50. The Balaban J connectivity index is 1.67. The average Bonchev–Trinajstić information content (AvgIpc) is 2.67. The van der Waals surface area contributed by atoms with Gasteiger partial charge < -0.3 is 5.32 Å². The summed E-state index contributed by atoms with van der Waals surface area (Å²) in [5.74, 6) is 0.0163. The van der Waals surface area contributed by atoms with E-state index < -0.39 is 0 Å². The second kappa shape index (κ2) is 9.21. The Labute approximate surface area is 163 Å². The summed E-state index contributed by atoms with van der Waals surface area (Å²) in [6, 6.07) is 12.9. The number of pyridine rings is 1. The number of hydrogen-bond acceptors (Lipinski definition) is 5. The third-order valence-electron chi connectivity index (χ3n) is 4.52. The lowest BCUT2D eigenvalue weighted by molar-refractivity contribution is -0.113. The standard InChI is InChI=1S/C21H20N4OS/c22-12-15-7-9-18(10-8-15)24-20(26)14-27-21-17(13-23)11-16-5-3-1-2-4-6-19(16)25-21/h7-11H,1-6,14H2,(H,24,26). The van der Waals surface area contributed by atoms with Crippen molar-refractivity contribution < 1.29 is 4.79 Å². The Bertz CT molecular complexity index is 910. The topological polar surface area (TPSA) is 89.6 Å². The maximum atomic E-state index is 12.2. The normalized spacial score (nSPS) is 13.4. The summed E-state index contributed by atoms with van der Waals surface area (Å²) in [5.41, 5.74) is 3.99. The summed E-state index contributed by atoms with van der Waals surface area (Å²) < 4.78 is 0. The van der Waals surface area contributed by atoms with Crippen molar-refractivity contribution in [2.75, 3.05) is 11.1 Å². The predicted molar refractivity (Wildman–Crippen MR) is 105 cm³/mol. The van der Waals surface area contributed by atoms with Crippen LogP contribution >= 0.6 is 11.8 Å². The Morgan fingerprint density at radius 2 is 1.81 bits per heavy atom. The Morgan fingerprint density at radius 3 is 2.52 bits per heavy atom. The van der Waals surface area contributed by atoms with Gasteiger partial charge in [-0.3, -0.25) is 4.79 Å². The zero-order valence-electron chi connectivity index (χ0n) is 15.0. The third kappa shape index (κ3) is 5.09. The average molecular weight is 376 g/mol. The van der Waals surface area contributed by atoms with Crippen LogP contribution in [0.15, 0.2) is 35.4 Å². The minimum atomic E-state index is -0.165. The smallest absolute Gasteiger partial charge is 0.234 e. The number of nitrogens with zero attached hydrogens (tertiary/aromatic N) is 3. The van der Waals surface area contributed by atoms with Gasteiger partial charge in [0.1, 0.15) is 11.1 Å². The molecule has 0 spiro atoms. The highest BCUT2D eigenvalue weighted by Gasteiger charge is 2.15. The first-order chi connectivity index (χ1) is 13.2. The molecule has 0 bridgehead atoms. The van der Waals surface area contributed by atoms with E-state index in [9.17, 15) is 10.1 Å². The molecule has 6 heteroatoms. The number of carbonyl (C=O) groups excluding carboxylic acids is 1. The SMILES string of the molecule is N#Cc1ccc(NC(=O)CSc2nc3c(cc2C#N)CCCCCC3)cc1. The predicted octanol–water partition coefficient (Wildman–Crippen LogP) is 4.21. The van der Waals surface area contributed by atoms with Crippen LogP contribution in [-0.4, -0.2) is 16.6 Å². The van der Waals surface area contributed by atoms with Crippen LogP contribution in [0.5, 0.6) is 0 Å². The van der Waals surface area contributed by atoms with Gasteiger partial charge in [-0.25, -0.2) is 4.98 Å². The quantitative estimate of drug-likeness (QED) is 0.807. The molecule has 0 saturated carbocycles. The van der Waals surface area contributed by atoms with Gasteiger partial charge in [-0.15, -0.1) is 0 Å². The lowest BCUT2D eigenvalue weighted by atomic mass is 9.96. The molecule has 27 heavy (non-hydrogen) atoms. The molecule has 1 amide bonds. The fourth-order valence-electron chi connectivity index (χ4n) is 3.12. The van der Waals surface area contributed by atoms with Gasteiger partial charge in [0.25, 0.3) is 0 Å². The van der Waals surface area contributed by atoms with E-state index in [1.165, 1.54) is 30.2 Å². The molecule has 0 fully saturated rings. The Kier molecular flexibility index (Phi) is 6.46. The van der Waals surface area contributed by atoms with Crippen LogP contribution in [0.25, 0.3) is 0 Å². The number of thioether (sulfide) groups is 1. The Morgan fingerprint density at radius 1 is 1.07 bits per heavy atom. The molecule has 3 rings (SSSR count). The lowest BCUT2D eigenvalue weighted by Crippen LogP contribution is -2.14. The number of aromatic nitrogens is 1. The molecule has 2 aromatic rings. The number of aryl methyl sites for hydroxylation is 2. The van der Waals surface area contributed by atoms with E-state index in [-0.39, 0.29) is 11.7 Å². The number of anilines is 1. The number of carbonyl (C=O) groups is 1. The molecule has 1 heterocycles. The van der Waals surface area contributed by atoms with Gasteiger partial charge in [0.15, 0.2) is 0 Å². The molecule has 1 aromatic carbocycles. The largest absolute Gasteiger partial charge is 0.325 e. The number of rotatable bonds is 4. The molecule has 1 N–H and O–H groups in total. The lowest BCUT2D eigenvalue weighted by Gasteiger charge is -2.15. The van der Waals surface area contributed by atoms with Crippen molar-refractivity contribution >= 4 is 23.4 Å². The second-order valence-corrected chi connectivity index (χ2v) is 7.46. The van der Waals surface area contributed by atoms with Crippen molar-refractivity contribution in [3.63, 3.8) is 0 Å². The molecule has 0 aliphatic heterocycles. The highest BCUT2D eigenvalue weighted by Crippen LogP contribution is 2.26. The number of benzene rings is 1. The monoisotopic (exact) mass is 376 g/mol. The third-order valence-corrected chi connectivity index (χ3v) is 5.52. The summed E-state index contributed by atoms with van der Waals surface area (Å²) in [4.78, 5) is 16.9.